The third-order valence-corrected chi connectivity index (χ3v) is 3.58. The van der Waals surface area contributed by atoms with Crippen LogP contribution in [0.15, 0.2) is 42.5 Å². The smallest absolute Gasteiger partial charge is 0.224 e. The van der Waals surface area contributed by atoms with Crippen molar-refractivity contribution < 1.29 is 4.79 Å². The molecule has 0 unspecified atom stereocenters. The van der Waals surface area contributed by atoms with Crippen LogP contribution in [0.2, 0.25) is 0 Å². The summed E-state index contributed by atoms with van der Waals surface area (Å²) in [4.78, 5) is 11.8. The van der Waals surface area contributed by atoms with Gasteiger partial charge in [0.05, 0.1) is 6.42 Å². The highest BCUT2D eigenvalue weighted by Crippen LogP contribution is 2.15. The number of unbranched alkanes of at least 4 members (excludes halogenated alkanes) is 2. The molecule has 0 saturated carbocycles. The zero-order chi connectivity index (χ0) is 14.2. The number of rotatable bonds is 7. The number of fused-ring (bicyclic) bond motifs is 1. The first-order valence-corrected chi connectivity index (χ1v) is 7.63. The maximum absolute atomic E-state index is 11.8. The standard InChI is InChI=1S/C17H20ClNO/c18-10-4-1-5-11-19-17(20)13-14-8-9-15-6-2-3-7-16(15)12-14/h2-3,6-9,12H,1,4-5,10-11,13H2,(H,19,20). The lowest BCUT2D eigenvalue weighted by molar-refractivity contribution is -0.120. The van der Waals surface area contributed by atoms with Gasteiger partial charge in [-0.2, -0.15) is 0 Å². The molecule has 0 aliphatic heterocycles. The van der Waals surface area contributed by atoms with E-state index >= 15 is 0 Å². The molecule has 0 spiro atoms. The molecule has 0 bridgehead atoms. The number of benzene rings is 2. The van der Waals surface area contributed by atoms with Crippen LogP contribution in [0.1, 0.15) is 24.8 Å². The molecular formula is C17H20ClNO. The Morgan fingerprint density at radius 1 is 1.00 bits per heavy atom. The monoisotopic (exact) mass is 289 g/mol. The first-order valence-electron chi connectivity index (χ1n) is 7.10. The molecule has 3 heteroatoms. The third-order valence-electron chi connectivity index (χ3n) is 3.31. The molecule has 2 rings (SSSR count). The van der Waals surface area contributed by atoms with E-state index in [0.29, 0.717) is 12.3 Å². The van der Waals surface area contributed by atoms with E-state index in [0.717, 1.165) is 31.4 Å². The lowest BCUT2D eigenvalue weighted by Crippen LogP contribution is -2.26. The van der Waals surface area contributed by atoms with Crippen molar-refractivity contribution in [2.45, 2.75) is 25.7 Å². The predicted octanol–water partition coefficient (Wildman–Crippen LogP) is 3.91. The van der Waals surface area contributed by atoms with Crippen molar-refractivity contribution in [1.82, 2.24) is 5.32 Å². The van der Waals surface area contributed by atoms with E-state index in [2.05, 4.69) is 29.6 Å². The van der Waals surface area contributed by atoms with Crippen molar-refractivity contribution in [3.63, 3.8) is 0 Å². The van der Waals surface area contributed by atoms with E-state index in [-0.39, 0.29) is 5.91 Å². The maximum atomic E-state index is 11.8. The van der Waals surface area contributed by atoms with Gasteiger partial charge in [0.25, 0.3) is 0 Å². The largest absolute Gasteiger partial charge is 0.356 e. The number of nitrogens with one attached hydrogen (secondary N) is 1. The fraction of sp³-hybridized carbons (Fsp3) is 0.353. The maximum Gasteiger partial charge on any atom is 0.224 e. The van der Waals surface area contributed by atoms with Crippen molar-refractivity contribution >= 4 is 28.3 Å². The van der Waals surface area contributed by atoms with Crippen molar-refractivity contribution in [1.29, 1.82) is 0 Å². The number of carbonyl (C=O) groups excluding carboxylic acids is 1. The van der Waals surface area contributed by atoms with Gasteiger partial charge in [0, 0.05) is 12.4 Å². The Kier molecular flexibility index (Phi) is 5.87. The van der Waals surface area contributed by atoms with Crippen LogP contribution in [0.3, 0.4) is 0 Å². The van der Waals surface area contributed by atoms with Crippen LogP contribution in [0.4, 0.5) is 0 Å². The topological polar surface area (TPSA) is 29.1 Å². The molecule has 0 heterocycles. The van der Waals surface area contributed by atoms with Crippen molar-refractivity contribution in [2.75, 3.05) is 12.4 Å². The van der Waals surface area contributed by atoms with Crippen molar-refractivity contribution in [3.8, 4) is 0 Å². The van der Waals surface area contributed by atoms with Gasteiger partial charge in [-0.1, -0.05) is 48.9 Å². The van der Waals surface area contributed by atoms with Crippen LogP contribution in [-0.2, 0) is 11.2 Å². The molecule has 0 saturated heterocycles. The van der Waals surface area contributed by atoms with E-state index in [4.69, 9.17) is 11.6 Å². The normalized spacial score (nSPS) is 10.7. The quantitative estimate of drug-likeness (QED) is 0.608. The van der Waals surface area contributed by atoms with E-state index in [1.165, 1.54) is 10.8 Å². The van der Waals surface area contributed by atoms with Gasteiger partial charge in [-0.3, -0.25) is 4.79 Å². The van der Waals surface area contributed by atoms with Crippen LogP contribution in [0, 0.1) is 0 Å². The first-order chi connectivity index (χ1) is 9.79. The molecular weight excluding hydrogens is 270 g/mol. The predicted molar refractivity (Wildman–Crippen MR) is 85.2 cm³/mol. The number of halogens is 1. The van der Waals surface area contributed by atoms with Crippen LogP contribution < -0.4 is 5.32 Å². The van der Waals surface area contributed by atoms with Crippen molar-refractivity contribution in [3.05, 3.63) is 48.0 Å². The molecule has 0 fully saturated rings. The summed E-state index contributed by atoms with van der Waals surface area (Å²) in [5.41, 5.74) is 1.06. The Bertz CT molecular complexity index is 568. The van der Waals surface area contributed by atoms with E-state index < -0.39 is 0 Å². The second-order valence-corrected chi connectivity index (χ2v) is 5.34. The molecule has 20 heavy (non-hydrogen) atoms. The third kappa shape index (κ3) is 4.53. The lowest BCUT2D eigenvalue weighted by atomic mass is 10.0. The molecule has 2 nitrogen and oxygen atoms in total. The van der Waals surface area contributed by atoms with Gasteiger partial charge in [-0.25, -0.2) is 0 Å². The summed E-state index contributed by atoms with van der Waals surface area (Å²) in [6.45, 7) is 0.739. The summed E-state index contributed by atoms with van der Waals surface area (Å²) in [5.74, 6) is 0.788. The Labute approximate surface area is 125 Å². The van der Waals surface area contributed by atoms with E-state index in [1.54, 1.807) is 0 Å². The molecule has 0 aromatic heterocycles. The average molecular weight is 290 g/mol. The van der Waals surface area contributed by atoms with Gasteiger partial charge in [0.1, 0.15) is 0 Å². The van der Waals surface area contributed by atoms with Gasteiger partial charge >= 0.3 is 0 Å². The van der Waals surface area contributed by atoms with Crippen LogP contribution in [-0.4, -0.2) is 18.3 Å². The highest BCUT2D eigenvalue weighted by Gasteiger charge is 2.03. The molecule has 2 aromatic rings. The fourth-order valence-corrected chi connectivity index (χ4v) is 2.41. The van der Waals surface area contributed by atoms with Gasteiger partial charge in [-0.15, -0.1) is 11.6 Å². The molecule has 1 N–H and O–H groups in total. The Morgan fingerprint density at radius 2 is 1.80 bits per heavy atom. The lowest BCUT2D eigenvalue weighted by Gasteiger charge is -2.06. The molecule has 106 valence electrons. The summed E-state index contributed by atoms with van der Waals surface area (Å²) in [6, 6.07) is 14.4. The second-order valence-electron chi connectivity index (χ2n) is 4.96. The minimum absolute atomic E-state index is 0.0890. The van der Waals surface area contributed by atoms with Crippen molar-refractivity contribution in [2.24, 2.45) is 0 Å². The summed E-state index contributed by atoms with van der Waals surface area (Å²) < 4.78 is 0. The number of carbonyl (C=O) groups is 1. The summed E-state index contributed by atoms with van der Waals surface area (Å²) in [7, 11) is 0. The van der Waals surface area contributed by atoms with E-state index in [9.17, 15) is 4.79 Å². The number of amides is 1. The second kappa shape index (κ2) is 7.91. The molecule has 2 aromatic carbocycles. The van der Waals surface area contributed by atoms with Crippen LogP contribution in [0.5, 0.6) is 0 Å². The Hall–Kier alpha value is -1.54. The van der Waals surface area contributed by atoms with E-state index in [1.807, 2.05) is 18.2 Å². The fourth-order valence-electron chi connectivity index (χ4n) is 2.22. The minimum atomic E-state index is 0.0890. The molecule has 0 atom stereocenters. The minimum Gasteiger partial charge on any atom is -0.356 e. The summed E-state index contributed by atoms with van der Waals surface area (Å²) in [5, 5.41) is 5.34. The zero-order valence-electron chi connectivity index (χ0n) is 11.6. The SMILES string of the molecule is O=C(Cc1ccc2ccccc2c1)NCCCCCCl. The Morgan fingerprint density at radius 3 is 2.60 bits per heavy atom. The molecule has 0 aliphatic carbocycles. The number of alkyl halides is 1. The summed E-state index contributed by atoms with van der Waals surface area (Å²) >= 11 is 5.61. The zero-order valence-corrected chi connectivity index (χ0v) is 12.3. The van der Waals surface area contributed by atoms with Crippen LogP contribution in [0.25, 0.3) is 10.8 Å². The van der Waals surface area contributed by atoms with Crippen LogP contribution >= 0.6 is 11.6 Å². The molecule has 0 radical (unpaired) electrons. The Balaban J connectivity index is 1.83. The summed E-state index contributed by atoms with van der Waals surface area (Å²) in [6.07, 6.45) is 3.53. The number of hydrogen-bond donors (Lipinski definition) is 1. The molecule has 0 aliphatic rings. The van der Waals surface area contributed by atoms with Gasteiger partial charge in [-0.05, 0) is 29.2 Å². The van der Waals surface area contributed by atoms with Gasteiger partial charge in [0.2, 0.25) is 5.91 Å². The average Bonchev–Trinajstić information content (AvgIpc) is 2.47. The first kappa shape index (κ1) is 14.9. The van der Waals surface area contributed by atoms with Gasteiger partial charge < -0.3 is 5.32 Å². The van der Waals surface area contributed by atoms with Gasteiger partial charge in [0.15, 0.2) is 0 Å². The number of hydrogen-bond acceptors (Lipinski definition) is 1. The molecule has 1 amide bonds. The highest BCUT2D eigenvalue weighted by atomic mass is 35.5. The highest BCUT2D eigenvalue weighted by molar-refractivity contribution is 6.17.